The van der Waals surface area contributed by atoms with Crippen molar-refractivity contribution in [2.75, 3.05) is 14.2 Å². The van der Waals surface area contributed by atoms with Crippen LogP contribution in [-0.4, -0.2) is 44.1 Å². The number of aliphatic hydroxyl groups is 1. The van der Waals surface area contributed by atoms with E-state index in [0.717, 1.165) is 4.57 Å². The number of rotatable bonds is 5. The van der Waals surface area contributed by atoms with Crippen molar-refractivity contribution in [3.8, 4) is 35.7 Å². The van der Waals surface area contributed by atoms with Gasteiger partial charge < -0.3 is 19.1 Å². The van der Waals surface area contributed by atoms with E-state index in [4.69, 9.17) is 15.9 Å². The maximum atomic E-state index is 12.9. The van der Waals surface area contributed by atoms with Gasteiger partial charge in [0.05, 0.1) is 33.4 Å². The van der Waals surface area contributed by atoms with Crippen LogP contribution in [0.1, 0.15) is 18.3 Å². The first-order valence-corrected chi connectivity index (χ1v) is 9.38. The molecule has 0 aliphatic rings. The van der Waals surface area contributed by atoms with Gasteiger partial charge in [-0.25, -0.2) is 14.3 Å². The second-order valence-corrected chi connectivity index (χ2v) is 6.82. The molecule has 0 unspecified atom stereocenters. The van der Waals surface area contributed by atoms with Crippen LogP contribution in [0.4, 0.5) is 0 Å². The van der Waals surface area contributed by atoms with Crippen molar-refractivity contribution < 1.29 is 14.6 Å². The molecule has 1 aromatic carbocycles. The zero-order valence-electron chi connectivity index (χ0n) is 17.7. The molecule has 3 aromatic rings. The molecule has 2 aromatic heterocycles. The average Bonchev–Trinajstić information content (AvgIpc) is 3.08. The number of benzene rings is 1. The molecule has 0 saturated carbocycles. The monoisotopic (exact) mass is 422 g/mol. The molecule has 0 saturated heterocycles. The van der Waals surface area contributed by atoms with Crippen LogP contribution in [0.25, 0.3) is 11.2 Å². The van der Waals surface area contributed by atoms with Crippen molar-refractivity contribution in [2.45, 2.75) is 26.1 Å². The van der Waals surface area contributed by atoms with E-state index >= 15 is 0 Å². The van der Waals surface area contributed by atoms with Crippen LogP contribution >= 0.6 is 0 Å². The number of imidazole rings is 1. The summed E-state index contributed by atoms with van der Waals surface area (Å²) >= 11 is 0. The molecule has 0 spiro atoms. The molecule has 9 nitrogen and oxygen atoms in total. The number of terminal acetylenes is 1. The summed E-state index contributed by atoms with van der Waals surface area (Å²) in [5, 5.41) is 9.83. The standard InChI is InChI=1S/C22H22N4O5/c1-6-11-25-21(28)19-20(26(22(25)29)13-14(2)27)23-18(24(19)3)10-8-15-7-9-16(30-4)17(12-15)31-5/h1,7,9,12,14,27H,11,13H2,2-5H3/t14-/m1/s1. The quantitative estimate of drug-likeness (QED) is 0.595. The van der Waals surface area contributed by atoms with Crippen molar-refractivity contribution >= 4 is 11.2 Å². The molecule has 3 rings (SSSR count). The van der Waals surface area contributed by atoms with Gasteiger partial charge in [0.2, 0.25) is 0 Å². The highest BCUT2D eigenvalue weighted by Crippen LogP contribution is 2.27. The van der Waals surface area contributed by atoms with Crippen LogP contribution in [0.3, 0.4) is 0 Å². The number of methoxy groups -OCH3 is 2. The molecule has 1 N–H and O–H groups in total. The maximum Gasteiger partial charge on any atom is 0.333 e. The summed E-state index contributed by atoms with van der Waals surface area (Å²) in [6.07, 6.45) is 4.49. The predicted octanol–water partition coefficient (Wildman–Crippen LogP) is 0.328. The van der Waals surface area contributed by atoms with Gasteiger partial charge in [-0.2, -0.15) is 0 Å². The molecule has 1 atom stereocenters. The molecule has 0 amide bonds. The van der Waals surface area contributed by atoms with Gasteiger partial charge in [0.15, 0.2) is 28.5 Å². The maximum absolute atomic E-state index is 12.9. The second kappa shape index (κ2) is 8.82. The highest BCUT2D eigenvalue weighted by Gasteiger charge is 2.20. The molecular formula is C22H22N4O5. The van der Waals surface area contributed by atoms with Crippen LogP contribution in [0, 0.1) is 24.2 Å². The Bertz CT molecular complexity index is 1360. The van der Waals surface area contributed by atoms with Crippen LogP contribution in [-0.2, 0) is 20.1 Å². The fraction of sp³-hybridized carbons (Fsp3) is 0.318. The Labute approximate surface area is 178 Å². The van der Waals surface area contributed by atoms with E-state index in [-0.39, 0.29) is 30.1 Å². The molecule has 9 heteroatoms. The van der Waals surface area contributed by atoms with Crippen molar-refractivity contribution in [3.05, 3.63) is 50.4 Å². The molecule has 0 aliphatic heterocycles. The number of aromatic nitrogens is 4. The van der Waals surface area contributed by atoms with Gasteiger partial charge in [0, 0.05) is 12.6 Å². The second-order valence-electron chi connectivity index (χ2n) is 6.82. The largest absolute Gasteiger partial charge is 0.493 e. The fourth-order valence-electron chi connectivity index (χ4n) is 3.18. The summed E-state index contributed by atoms with van der Waals surface area (Å²) < 4.78 is 14.2. The summed E-state index contributed by atoms with van der Waals surface area (Å²) in [5.74, 6) is 9.60. The van der Waals surface area contributed by atoms with Gasteiger partial charge in [-0.3, -0.25) is 9.36 Å². The Kier molecular flexibility index (Phi) is 6.19. The average molecular weight is 422 g/mol. The Morgan fingerprint density at radius 3 is 2.48 bits per heavy atom. The van der Waals surface area contributed by atoms with E-state index in [1.807, 2.05) is 0 Å². The van der Waals surface area contributed by atoms with Gasteiger partial charge in [0.1, 0.15) is 0 Å². The predicted molar refractivity (Wildman–Crippen MR) is 115 cm³/mol. The van der Waals surface area contributed by atoms with Crippen LogP contribution in [0.5, 0.6) is 11.5 Å². The molecule has 0 radical (unpaired) electrons. The molecular weight excluding hydrogens is 400 g/mol. The Morgan fingerprint density at radius 2 is 1.87 bits per heavy atom. The lowest BCUT2D eigenvalue weighted by atomic mass is 10.2. The number of ether oxygens (including phenoxy) is 2. The normalized spacial score (nSPS) is 11.5. The summed E-state index contributed by atoms with van der Waals surface area (Å²) in [6.45, 7) is 1.31. The summed E-state index contributed by atoms with van der Waals surface area (Å²) in [6, 6.07) is 5.22. The molecule has 2 heterocycles. The van der Waals surface area contributed by atoms with Crippen molar-refractivity contribution in [3.63, 3.8) is 0 Å². The van der Waals surface area contributed by atoms with Gasteiger partial charge >= 0.3 is 5.69 Å². The van der Waals surface area contributed by atoms with Crippen molar-refractivity contribution in [2.24, 2.45) is 7.05 Å². The van der Waals surface area contributed by atoms with E-state index in [1.54, 1.807) is 32.4 Å². The third-order valence-corrected chi connectivity index (χ3v) is 4.64. The van der Waals surface area contributed by atoms with Gasteiger partial charge in [-0.05, 0) is 31.0 Å². The van der Waals surface area contributed by atoms with Crippen molar-refractivity contribution in [1.82, 2.24) is 18.7 Å². The highest BCUT2D eigenvalue weighted by atomic mass is 16.5. The van der Waals surface area contributed by atoms with Crippen LogP contribution in [0.2, 0.25) is 0 Å². The zero-order chi connectivity index (χ0) is 22.7. The number of hydrogen-bond acceptors (Lipinski definition) is 6. The smallest absolute Gasteiger partial charge is 0.333 e. The molecule has 0 fully saturated rings. The Hall–Kier alpha value is -3.95. The Morgan fingerprint density at radius 1 is 1.16 bits per heavy atom. The first-order chi connectivity index (χ1) is 14.8. The Balaban J connectivity index is 2.21. The molecule has 0 aliphatic carbocycles. The summed E-state index contributed by atoms with van der Waals surface area (Å²) in [7, 11) is 4.71. The van der Waals surface area contributed by atoms with Gasteiger partial charge in [0.25, 0.3) is 5.56 Å². The first kappa shape index (κ1) is 21.8. The number of aliphatic hydroxyl groups excluding tert-OH is 1. The van der Waals surface area contributed by atoms with E-state index in [9.17, 15) is 14.7 Å². The van der Waals surface area contributed by atoms with E-state index in [2.05, 4.69) is 22.7 Å². The minimum atomic E-state index is -0.832. The van der Waals surface area contributed by atoms with Gasteiger partial charge in [-0.15, -0.1) is 6.42 Å². The number of aryl methyl sites for hydroxylation is 1. The SMILES string of the molecule is C#CCn1c(=O)c2c(nc(C#Cc3ccc(OC)c(OC)c3)n2C)n(C[C@@H](C)O)c1=O. The topological polar surface area (TPSA) is 101 Å². The highest BCUT2D eigenvalue weighted by molar-refractivity contribution is 5.72. The third-order valence-electron chi connectivity index (χ3n) is 4.64. The number of fused-ring (bicyclic) bond motifs is 1. The number of nitrogens with zero attached hydrogens (tertiary/aromatic N) is 4. The minimum absolute atomic E-state index is 0.0419. The lowest BCUT2D eigenvalue weighted by Gasteiger charge is -2.11. The first-order valence-electron chi connectivity index (χ1n) is 9.38. The summed E-state index contributed by atoms with van der Waals surface area (Å²) in [5.41, 5.74) is -0.228. The third kappa shape index (κ3) is 4.04. The van der Waals surface area contributed by atoms with E-state index in [1.165, 1.54) is 23.2 Å². The van der Waals surface area contributed by atoms with Crippen molar-refractivity contribution in [1.29, 1.82) is 0 Å². The van der Waals surface area contributed by atoms with E-state index < -0.39 is 17.4 Å². The fourth-order valence-corrected chi connectivity index (χ4v) is 3.18. The van der Waals surface area contributed by atoms with Gasteiger partial charge in [-0.1, -0.05) is 11.8 Å². The number of hydrogen-bond donors (Lipinski definition) is 1. The lowest BCUT2D eigenvalue weighted by molar-refractivity contribution is 0.172. The molecule has 160 valence electrons. The lowest BCUT2D eigenvalue weighted by Crippen LogP contribution is -2.41. The van der Waals surface area contributed by atoms with Crippen LogP contribution in [0.15, 0.2) is 27.8 Å². The minimum Gasteiger partial charge on any atom is -0.493 e. The van der Waals surface area contributed by atoms with Crippen LogP contribution < -0.4 is 20.7 Å². The summed E-state index contributed by atoms with van der Waals surface area (Å²) in [4.78, 5) is 30.1. The molecule has 0 bridgehead atoms. The van der Waals surface area contributed by atoms with E-state index in [0.29, 0.717) is 17.1 Å². The molecule has 31 heavy (non-hydrogen) atoms. The zero-order valence-corrected chi connectivity index (χ0v) is 17.7.